The SMILES string of the molecule is COc1ccc(CN)c(SC)c1OC. The molecule has 78 valence electrons. The van der Waals surface area contributed by atoms with Gasteiger partial charge in [0.2, 0.25) is 0 Å². The second-order valence-corrected chi connectivity index (χ2v) is 3.51. The van der Waals surface area contributed by atoms with Crippen LogP contribution in [0, 0.1) is 0 Å². The van der Waals surface area contributed by atoms with E-state index in [0.29, 0.717) is 6.54 Å². The molecule has 3 nitrogen and oxygen atoms in total. The van der Waals surface area contributed by atoms with Crippen LogP contribution in [0.25, 0.3) is 0 Å². The van der Waals surface area contributed by atoms with E-state index in [1.807, 2.05) is 18.4 Å². The van der Waals surface area contributed by atoms with E-state index in [2.05, 4.69) is 0 Å². The fraction of sp³-hybridized carbons (Fsp3) is 0.400. The summed E-state index contributed by atoms with van der Waals surface area (Å²) in [5.74, 6) is 1.51. The highest BCUT2D eigenvalue weighted by Gasteiger charge is 2.12. The molecule has 0 radical (unpaired) electrons. The third kappa shape index (κ3) is 1.96. The van der Waals surface area contributed by atoms with Crippen LogP contribution in [0.4, 0.5) is 0 Å². The number of benzene rings is 1. The van der Waals surface area contributed by atoms with Crippen LogP contribution in [0.5, 0.6) is 11.5 Å². The molecule has 0 atom stereocenters. The molecular formula is C10H15NO2S. The normalized spacial score (nSPS) is 10.0. The van der Waals surface area contributed by atoms with E-state index in [1.165, 1.54) is 0 Å². The topological polar surface area (TPSA) is 44.5 Å². The minimum atomic E-state index is 0.510. The Hall–Kier alpha value is -0.870. The molecule has 0 aromatic heterocycles. The van der Waals surface area contributed by atoms with E-state index in [1.54, 1.807) is 26.0 Å². The summed E-state index contributed by atoms with van der Waals surface area (Å²) in [5, 5.41) is 0. The van der Waals surface area contributed by atoms with Gasteiger partial charge in [0.05, 0.1) is 19.1 Å². The van der Waals surface area contributed by atoms with E-state index in [9.17, 15) is 0 Å². The fourth-order valence-electron chi connectivity index (χ4n) is 1.32. The Morgan fingerprint density at radius 1 is 1.29 bits per heavy atom. The van der Waals surface area contributed by atoms with Gasteiger partial charge in [-0.05, 0) is 17.9 Å². The largest absolute Gasteiger partial charge is 0.493 e. The van der Waals surface area contributed by atoms with Gasteiger partial charge in [0, 0.05) is 6.54 Å². The van der Waals surface area contributed by atoms with Crippen LogP contribution in [-0.4, -0.2) is 20.5 Å². The number of hydrogen-bond acceptors (Lipinski definition) is 4. The molecule has 0 amide bonds. The Balaban J connectivity index is 3.28. The zero-order valence-electron chi connectivity index (χ0n) is 8.66. The molecule has 4 heteroatoms. The number of hydrogen-bond donors (Lipinski definition) is 1. The number of thioether (sulfide) groups is 1. The van der Waals surface area contributed by atoms with Crippen molar-refractivity contribution in [3.63, 3.8) is 0 Å². The molecule has 0 saturated heterocycles. The van der Waals surface area contributed by atoms with Crippen molar-refractivity contribution in [2.24, 2.45) is 5.73 Å². The van der Waals surface area contributed by atoms with Crippen molar-refractivity contribution < 1.29 is 9.47 Å². The molecule has 1 aromatic rings. The van der Waals surface area contributed by atoms with Gasteiger partial charge < -0.3 is 15.2 Å². The minimum Gasteiger partial charge on any atom is -0.493 e. The predicted octanol–water partition coefficient (Wildman–Crippen LogP) is 1.88. The van der Waals surface area contributed by atoms with Crippen molar-refractivity contribution in [2.75, 3.05) is 20.5 Å². The number of ether oxygens (including phenoxy) is 2. The van der Waals surface area contributed by atoms with Crippen LogP contribution in [0.15, 0.2) is 17.0 Å². The zero-order chi connectivity index (χ0) is 10.6. The zero-order valence-corrected chi connectivity index (χ0v) is 9.48. The van der Waals surface area contributed by atoms with Crippen LogP contribution in [0.3, 0.4) is 0 Å². The first-order valence-electron chi connectivity index (χ1n) is 4.26. The number of rotatable bonds is 4. The molecule has 2 N–H and O–H groups in total. The highest BCUT2D eigenvalue weighted by Crippen LogP contribution is 2.38. The van der Waals surface area contributed by atoms with Crippen molar-refractivity contribution in [3.8, 4) is 11.5 Å². The average molecular weight is 213 g/mol. The van der Waals surface area contributed by atoms with E-state index >= 15 is 0 Å². The maximum absolute atomic E-state index is 5.63. The Morgan fingerprint density at radius 3 is 2.43 bits per heavy atom. The van der Waals surface area contributed by atoms with Crippen molar-refractivity contribution in [1.29, 1.82) is 0 Å². The summed E-state index contributed by atoms with van der Waals surface area (Å²) < 4.78 is 10.5. The Kier molecular flexibility index (Phi) is 4.10. The highest BCUT2D eigenvalue weighted by molar-refractivity contribution is 7.98. The van der Waals surface area contributed by atoms with Gasteiger partial charge in [-0.2, -0.15) is 0 Å². The summed E-state index contributed by atoms with van der Waals surface area (Å²) in [7, 11) is 3.27. The summed E-state index contributed by atoms with van der Waals surface area (Å²) >= 11 is 1.62. The van der Waals surface area contributed by atoms with Gasteiger partial charge in [-0.1, -0.05) is 6.07 Å². The van der Waals surface area contributed by atoms with E-state index in [-0.39, 0.29) is 0 Å². The van der Waals surface area contributed by atoms with Crippen molar-refractivity contribution in [1.82, 2.24) is 0 Å². The lowest BCUT2D eigenvalue weighted by Crippen LogP contribution is -2.01. The first-order valence-corrected chi connectivity index (χ1v) is 5.48. The summed E-state index contributed by atoms with van der Waals surface area (Å²) in [6.07, 6.45) is 2.00. The molecule has 0 spiro atoms. The van der Waals surface area contributed by atoms with Crippen LogP contribution in [0.2, 0.25) is 0 Å². The molecule has 0 heterocycles. The monoisotopic (exact) mass is 213 g/mol. The Bertz CT molecular complexity index is 284. The molecular weight excluding hydrogens is 198 g/mol. The molecule has 0 unspecified atom stereocenters. The second-order valence-electron chi connectivity index (χ2n) is 2.70. The van der Waals surface area contributed by atoms with E-state index in [4.69, 9.17) is 15.2 Å². The van der Waals surface area contributed by atoms with Crippen LogP contribution in [-0.2, 0) is 6.54 Å². The first-order chi connectivity index (χ1) is 6.78. The molecule has 0 saturated carbocycles. The second kappa shape index (κ2) is 5.12. The third-order valence-electron chi connectivity index (χ3n) is 2.01. The summed E-state index contributed by atoms with van der Waals surface area (Å²) in [5.41, 5.74) is 6.71. The van der Waals surface area contributed by atoms with Gasteiger partial charge in [0.1, 0.15) is 0 Å². The van der Waals surface area contributed by atoms with Gasteiger partial charge in [-0.3, -0.25) is 0 Å². The van der Waals surface area contributed by atoms with Crippen LogP contribution in [0.1, 0.15) is 5.56 Å². The van der Waals surface area contributed by atoms with E-state index in [0.717, 1.165) is 22.0 Å². The average Bonchev–Trinajstić information content (AvgIpc) is 2.26. The standard InChI is InChI=1S/C10H15NO2S/c1-12-8-5-4-7(6-11)10(14-3)9(8)13-2/h4-5H,6,11H2,1-3H3. The molecule has 1 aromatic carbocycles. The van der Waals surface area contributed by atoms with Gasteiger partial charge in [-0.15, -0.1) is 11.8 Å². The van der Waals surface area contributed by atoms with E-state index < -0.39 is 0 Å². The fourth-order valence-corrected chi connectivity index (χ4v) is 2.11. The van der Waals surface area contributed by atoms with Crippen molar-refractivity contribution >= 4 is 11.8 Å². The maximum atomic E-state index is 5.63. The molecule has 0 aliphatic rings. The van der Waals surface area contributed by atoms with Gasteiger partial charge in [0.15, 0.2) is 11.5 Å². The van der Waals surface area contributed by atoms with Crippen LogP contribution < -0.4 is 15.2 Å². The summed E-state index contributed by atoms with van der Waals surface area (Å²) in [6, 6.07) is 3.84. The lowest BCUT2D eigenvalue weighted by molar-refractivity contribution is 0.347. The molecule has 1 rings (SSSR count). The summed E-state index contributed by atoms with van der Waals surface area (Å²) in [4.78, 5) is 1.05. The maximum Gasteiger partial charge on any atom is 0.174 e. The third-order valence-corrected chi connectivity index (χ3v) is 2.86. The Morgan fingerprint density at radius 2 is 2.00 bits per heavy atom. The van der Waals surface area contributed by atoms with Crippen molar-refractivity contribution in [3.05, 3.63) is 17.7 Å². The molecule has 0 bridgehead atoms. The lowest BCUT2D eigenvalue weighted by atomic mass is 10.2. The molecule has 0 aliphatic carbocycles. The lowest BCUT2D eigenvalue weighted by Gasteiger charge is -2.14. The Labute approximate surface area is 88.6 Å². The molecule has 0 aliphatic heterocycles. The van der Waals surface area contributed by atoms with Gasteiger partial charge in [0.25, 0.3) is 0 Å². The first kappa shape index (κ1) is 11.2. The smallest absolute Gasteiger partial charge is 0.174 e. The summed E-state index contributed by atoms with van der Waals surface area (Å²) in [6.45, 7) is 0.510. The molecule has 0 fully saturated rings. The number of methoxy groups -OCH3 is 2. The quantitative estimate of drug-likeness (QED) is 0.776. The van der Waals surface area contributed by atoms with Gasteiger partial charge >= 0.3 is 0 Å². The van der Waals surface area contributed by atoms with Gasteiger partial charge in [-0.25, -0.2) is 0 Å². The number of nitrogens with two attached hydrogens (primary N) is 1. The molecule has 14 heavy (non-hydrogen) atoms. The highest BCUT2D eigenvalue weighted by atomic mass is 32.2. The minimum absolute atomic E-state index is 0.510. The predicted molar refractivity (Wildman–Crippen MR) is 59.2 cm³/mol. The van der Waals surface area contributed by atoms with Crippen LogP contribution >= 0.6 is 11.8 Å². The van der Waals surface area contributed by atoms with Crippen molar-refractivity contribution in [2.45, 2.75) is 11.4 Å².